The first-order valence-corrected chi connectivity index (χ1v) is 6.21. The molecule has 0 amide bonds. The van der Waals surface area contributed by atoms with Crippen LogP contribution in [0.2, 0.25) is 0 Å². The van der Waals surface area contributed by atoms with Crippen LogP contribution in [0.3, 0.4) is 0 Å². The molecular formula is C13H16BrN. The molecule has 0 radical (unpaired) electrons. The Morgan fingerprint density at radius 2 is 2.07 bits per heavy atom. The van der Waals surface area contributed by atoms with Crippen LogP contribution in [0.15, 0.2) is 28.9 Å². The van der Waals surface area contributed by atoms with Gasteiger partial charge < -0.3 is 4.57 Å². The van der Waals surface area contributed by atoms with Crippen molar-refractivity contribution in [3.8, 4) is 0 Å². The molecule has 0 fully saturated rings. The fourth-order valence-electron chi connectivity index (χ4n) is 1.89. The SMILES string of the molecule is CCn1cc(Br)c2cc(C(C)C)ccc21. The molecule has 1 heterocycles. The van der Waals surface area contributed by atoms with Gasteiger partial charge in [-0.05, 0) is 46.5 Å². The Labute approximate surface area is 99.2 Å². The molecule has 0 aliphatic carbocycles. The van der Waals surface area contributed by atoms with Crippen LogP contribution < -0.4 is 0 Å². The van der Waals surface area contributed by atoms with Crippen LogP contribution >= 0.6 is 15.9 Å². The Morgan fingerprint density at radius 1 is 1.33 bits per heavy atom. The average Bonchev–Trinajstić information content (AvgIpc) is 2.55. The quantitative estimate of drug-likeness (QED) is 0.751. The summed E-state index contributed by atoms with van der Waals surface area (Å²) >= 11 is 3.62. The number of rotatable bonds is 2. The summed E-state index contributed by atoms with van der Waals surface area (Å²) in [7, 11) is 0. The molecule has 2 heteroatoms. The monoisotopic (exact) mass is 265 g/mol. The second-order valence-electron chi connectivity index (χ2n) is 4.19. The lowest BCUT2D eigenvalue weighted by atomic mass is 10.0. The van der Waals surface area contributed by atoms with Crippen molar-refractivity contribution in [3.63, 3.8) is 0 Å². The van der Waals surface area contributed by atoms with Crippen LogP contribution in [-0.4, -0.2) is 4.57 Å². The third kappa shape index (κ3) is 1.83. The van der Waals surface area contributed by atoms with E-state index < -0.39 is 0 Å². The largest absolute Gasteiger partial charge is 0.347 e. The van der Waals surface area contributed by atoms with E-state index in [1.807, 2.05) is 0 Å². The van der Waals surface area contributed by atoms with Crippen molar-refractivity contribution in [3.05, 3.63) is 34.4 Å². The molecule has 0 aliphatic heterocycles. The molecule has 0 N–H and O–H groups in total. The molecule has 1 aromatic heterocycles. The number of aromatic nitrogens is 1. The molecule has 0 saturated heterocycles. The van der Waals surface area contributed by atoms with E-state index >= 15 is 0 Å². The van der Waals surface area contributed by atoms with Gasteiger partial charge in [0.2, 0.25) is 0 Å². The van der Waals surface area contributed by atoms with E-state index in [0.717, 1.165) is 6.54 Å². The highest BCUT2D eigenvalue weighted by atomic mass is 79.9. The van der Waals surface area contributed by atoms with Gasteiger partial charge in [0.05, 0.1) is 0 Å². The molecule has 2 rings (SSSR count). The van der Waals surface area contributed by atoms with E-state index in [1.165, 1.54) is 20.9 Å². The minimum absolute atomic E-state index is 0.589. The summed E-state index contributed by atoms with van der Waals surface area (Å²) < 4.78 is 3.46. The number of benzene rings is 1. The fourth-order valence-corrected chi connectivity index (χ4v) is 2.46. The van der Waals surface area contributed by atoms with Gasteiger partial charge in [-0.15, -0.1) is 0 Å². The average molecular weight is 266 g/mol. The van der Waals surface area contributed by atoms with Gasteiger partial charge in [0, 0.05) is 28.1 Å². The molecule has 1 aromatic carbocycles. The second kappa shape index (κ2) is 4.01. The summed E-state index contributed by atoms with van der Waals surface area (Å²) in [5.41, 5.74) is 2.71. The molecule has 1 nitrogen and oxygen atoms in total. The van der Waals surface area contributed by atoms with Crippen molar-refractivity contribution in [1.82, 2.24) is 4.57 Å². The van der Waals surface area contributed by atoms with Gasteiger partial charge in [-0.3, -0.25) is 0 Å². The smallest absolute Gasteiger partial charge is 0.0492 e. The molecule has 80 valence electrons. The van der Waals surface area contributed by atoms with Crippen LogP contribution in [0.1, 0.15) is 32.3 Å². The Bertz CT molecular complexity index is 482. The lowest BCUT2D eigenvalue weighted by molar-refractivity contribution is 0.795. The molecule has 0 saturated carbocycles. The summed E-state index contributed by atoms with van der Waals surface area (Å²) in [5.74, 6) is 0.589. The molecular weight excluding hydrogens is 250 g/mol. The summed E-state index contributed by atoms with van der Waals surface area (Å²) in [6.07, 6.45) is 2.16. The molecule has 15 heavy (non-hydrogen) atoms. The van der Waals surface area contributed by atoms with Gasteiger partial charge in [0.25, 0.3) is 0 Å². The third-order valence-electron chi connectivity index (χ3n) is 2.86. The van der Waals surface area contributed by atoms with Crippen molar-refractivity contribution < 1.29 is 0 Å². The van der Waals surface area contributed by atoms with Gasteiger partial charge in [0.1, 0.15) is 0 Å². The van der Waals surface area contributed by atoms with Crippen molar-refractivity contribution in [2.75, 3.05) is 0 Å². The van der Waals surface area contributed by atoms with E-state index in [4.69, 9.17) is 0 Å². The number of hydrogen-bond donors (Lipinski definition) is 0. The summed E-state index contributed by atoms with van der Waals surface area (Å²) in [6, 6.07) is 6.74. The highest BCUT2D eigenvalue weighted by Crippen LogP contribution is 2.29. The molecule has 0 spiro atoms. The minimum Gasteiger partial charge on any atom is -0.347 e. The Hall–Kier alpha value is -0.760. The molecule has 0 aliphatic rings. The van der Waals surface area contributed by atoms with Gasteiger partial charge in [-0.1, -0.05) is 19.9 Å². The standard InChI is InChI=1S/C13H16BrN/c1-4-15-8-12(14)11-7-10(9(2)3)5-6-13(11)15/h5-9H,4H2,1-3H3. The first-order chi connectivity index (χ1) is 7.13. The van der Waals surface area contributed by atoms with E-state index in [0.29, 0.717) is 5.92 Å². The second-order valence-corrected chi connectivity index (χ2v) is 5.05. The maximum absolute atomic E-state index is 3.62. The zero-order chi connectivity index (χ0) is 11.0. The van der Waals surface area contributed by atoms with E-state index in [2.05, 4.69) is 65.7 Å². The van der Waals surface area contributed by atoms with Crippen molar-refractivity contribution in [2.24, 2.45) is 0 Å². The Morgan fingerprint density at radius 3 is 2.67 bits per heavy atom. The van der Waals surface area contributed by atoms with Crippen LogP contribution in [-0.2, 0) is 6.54 Å². The minimum atomic E-state index is 0.589. The predicted octanol–water partition coefficient (Wildman–Crippen LogP) is 4.55. The van der Waals surface area contributed by atoms with Gasteiger partial charge in [-0.2, -0.15) is 0 Å². The van der Waals surface area contributed by atoms with E-state index in [9.17, 15) is 0 Å². The number of fused-ring (bicyclic) bond motifs is 1. The van der Waals surface area contributed by atoms with Crippen LogP contribution in [0.4, 0.5) is 0 Å². The Balaban J connectivity index is 2.66. The third-order valence-corrected chi connectivity index (χ3v) is 3.50. The summed E-state index contributed by atoms with van der Waals surface area (Å²) in [4.78, 5) is 0. The zero-order valence-corrected chi connectivity index (χ0v) is 11.0. The number of halogens is 1. The first-order valence-electron chi connectivity index (χ1n) is 5.41. The number of nitrogens with zero attached hydrogens (tertiary/aromatic N) is 1. The lowest BCUT2D eigenvalue weighted by Gasteiger charge is -2.06. The predicted molar refractivity (Wildman–Crippen MR) is 69.4 cm³/mol. The molecule has 0 unspecified atom stereocenters. The van der Waals surface area contributed by atoms with Crippen LogP contribution in [0.5, 0.6) is 0 Å². The van der Waals surface area contributed by atoms with Crippen LogP contribution in [0, 0.1) is 0 Å². The van der Waals surface area contributed by atoms with Crippen LogP contribution in [0.25, 0.3) is 10.9 Å². The van der Waals surface area contributed by atoms with E-state index in [-0.39, 0.29) is 0 Å². The molecule has 0 atom stereocenters. The highest BCUT2D eigenvalue weighted by Gasteiger charge is 2.07. The van der Waals surface area contributed by atoms with Crippen molar-refractivity contribution >= 4 is 26.8 Å². The number of aryl methyl sites for hydroxylation is 1. The summed E-state index contributed by atoms with van der Waals surface area (Å²) in [5, 5.41) is 1.32. The Kier molecular flexibility index (Phi) is 2.87. The number of hydrogen-bond acceptors (Lipinski definition) is 0. The first kappa shape index (κ1) is 10.7. The van der Waals surface area contributed by atoms with E-state index in [1.54, 1.807) is 0 Å². The van der Waals surface area contributed by atoms with Gasteiger partial charge in [0.15, 0.2) is 0 Å². The maximum Gasteiger partial charge on any atom is 0.0492 e. The topological polar surface area (TPSA) is 4.93 Å². The highest BCUT2D eigenvalue weighted by molar-refractivity contribution is 9.10. The van der Waals surface area contributed by atoms with Gasteiger partial charge >= 0.3 is 0 Å². The van der Waals surface area contributed by atoms with Gasteiger partial charge in [-0.25, -0.2) is 0 Å². The lowest BCUT2D eigenvalue weighted by Crippen LogP contribution is -1.91. The maximum atomic E-state index is 3.62. The zero-order valence-electron chi connectivity index (χ0n) is 9.42. The van der Waals surface area contributed by atoms with Crippen molar-refractivity contribution in [2.45, 2.75) is 33.2 Å². The normalized spacial score (nSPS) is 11.5. The van der Waals surface area contributed by atoms with Crippen molar-refractivity contribution in [1.29, 1.82) is 0 Å². The fraction of sp³-hybridized carbons (Fsp3) is 0.385. The molecule has 0 bridgehead atoms. The summed E-state index contributed by atoms with van der Waals surface area (Å²) in [6.45, 7) is 7.64. The molecule has 2 aromatic rings.